The molecule has 1 saturated carbocycles. The molecule has 1 saturated heterocycles. The van der Waals surface area contributed by atoms with E-state index >= 15 is 0 Å². The summed E-state index contributed by atoms with van der Waals surface area (Å²) < 4.78 is 52.9. The summed E-state index contributed by atoms with van der Waals surface area (Å²) in [4.78, 5) is 60.2. The van der Waals surface area contributed by atoms with Crippen LogP contribution in [-0.4, -0.2) is 83.2 Å². The van der Waals surface area contributed by atoms with E-state index in [2.05, 4.69) is 26.9 Å². The minimum absolute atomic E-state index is 0.0493. The van der Waals surface area contributed by atoms with Crippen molar-refractivity contribution in [3.63, 3.8) is 0 Å². The van der Waals surface area contributed by atoms with Crippen molar-refractivity contribution < 1.29 is 41.5 Å². The van der Waals surface area contributed by atoms with Crippen molar-refractivity contribution in [1.82, 2.24) is 25.2 Å². The third kappa shape index (κ3) is 9.25. The molecule has 13 nitrogen and oxygen atoms in total. The number of hydrogen-bond acceptors (Lipinski definition) is 9. The highest BCUT2D eigenvalue weighted by molar-refractivity contribution is 7.91. The molecular formula is C34H46FN5O8S. The molecule has 0 radical (unpaired) electrons. The second-order valence-electron chi connectivity index (χ2n) is 14.9. The predicted molar refractivity (Wildman–Crippen MR) is 180 cm³/mol. The van der Waals surface area contributed by atoms with Gasteiger partial charge >= 0.3 is 6.09 Å². The van der Waals surface area contributed by atoms with E-state index in [0.29, 0.717) is 23.6 Å². The zero-order valence-corrected chi connectivity index (χ0v) is 29.8. The van der Waals surface area contributed by atoms with Crippen LogP contribution in [0.1, 0.15) is 74.1 Å². The molecule has 1 aromatic heterocycles. The molecule has 15 heteroatoms. The van der Waals surface area contributed by atoms with Crippen LogP contribution in [-0.2, 0) is 29.1 Å². The van der Waals surface area contributed by atoms with E-state index < -0.39 is 79.6 Å². The Kier molecular flexibility index (Phi) is 10.7. The van der Waals surface area contributed by atoms with Gasteiger partial charge in [0.15, 0.2) is 0 Å². The monoisotopic (exact) mass is 703 g/mol. The maximum Gasteiger partial charge on any atom is 0.408 e. The quantitative estimate of drug-likeness (QED) is 0.295. The van der Waals surface area contributed by atoms with Gasteiger partial charge in [-0.15, -0.1) is 6.58 Å². The van der Waals surface area contributed by atoms with Gasteiger partial charge in [0, 0.05) is 18.0 Å². The van der Waals surface area contributed by atoms with Crippen molar-refractivity contribution in [3.05, 3.63) is 48.9 Å². The lowest BCUT2D eigenvalue weighted by molar-refractivity contribution is -0.143. The number of fused-ring (bicyclic) bond motifs is 1. The Morgan fingerprint density at radius 2 is 1.78 bits per heavy atom. The number of ether oxygens (including phenoxy) is 2. The first kappa shape index (κ1) is 37.5. The van der Waals surface area contributed by atoms with E-state index in [1.54, 1.807) is 47.6 Å². The smallest absolute Gasteiger partial charge is 0.408 e. The Hall–Kier alpha value is -4.27. The van der Waals surface area contributed by atoms with Gasteiger partial charge in [-0.2, -0.15) is 0 Å². The van der Waals surface area contributed by atoms with Crippen molar-refractivity contribution in [1.29, 1.82) is 0 Å². The fourth-order valence-corrected chi connectivity index (χ4v) is 6.94. The molecule has 4 rings (SSSR count). The van der Waals surface area contributed by atoms with Crippen LogP contribution in [0.3, 0.4) is 0 Å². The maximum absolute atomic E-state index is 14.3. The van der Waals surface area contributed by atoms with Crippen LogP contribution in [0.2, 0.25) is 0 Å². The minimum Gasteiger partial charge on any atom is -0.472 e. The zero-order valence-electron chi connectivity index (χ0n) is 29.0. The first-order chi connectivity index (χ1) is 22.6. The summed E-state index contributed by atoms with van der Waals surface area (Å²) in [6, 6.07) is 3.37. The van der Waals surface area contributed by atoms with E-state index in [1.165, 1.54) is 42.3 Å². The van der Waals surface area contributed by atoms with E-state index in [0.717, 1.165) is 0 Å². The molecule has 1 aliphatic carbocycles. The van der Waals surface area contributed by atoms with E-state index in [1.807, 2.05) is 0 Å². The van der Waals surface area contributed by atoms with Gasteiger partial charge in [0.1, 0.15) is 35.1 Å². The average molecular weight is 704 g/mol. The number of sulfonamides is 1. The fraction of sp³-hybridized carbons (Fsp3) is 0.559. The molecule has 3 N–H and O–H groups in total. The lowest BCUT2D eigenvalue weighted by Gasteiger charge is -2.36. The molecule has 4 atom stereocenters. The molecule has 1 aromatic carbocycles. The molecule has 2 aromatic rings. The van der Waals surface area contributed by atoms with Crippen LogP contribution in [0.4, 0.5) is 9.18 Å². The largest absolute Gasteiger partial charge is 0.472 e. The molecule has 0 unspecified atom stereocenters. The summed E-state index contributed by atoms with van der Waals surface area (Å²) in [6.45, 7) is 15.2. The highest BCUT2D eigenvalue weighted by Gasteiger charge is 2.48. The van der Waals surface area contributed by atoms with E-state index in [4.69, 9.17) is 9.47 Å². The number of pyridine rings is 1. The van der Waals surface area contributed by atoms with Crippen molar-refractivity contribution in [2.75, 3.05) is 6.54 Å². The number of alkyl carbamates (subject to hydrolysis) is 1. The van der Waals surface area contributed by atoms with Crippen LogP contribution in [0.25, 0.3) is 10.8 Å². The summed E-state index contributed by atoms with van der Waals surface area (Å²) in [7, 11) is -3.94. The van der Waals surface area contributed by atoms with Crippen LogP contribution in [0.5, 0.6) is 5.88 Å². The van der Waals surface area contributed by atoms with Crippen LogP contribution in [0.15, 0.2) is 43.1 Å². The first-order valence-corrected chi connectivity index (χ1v) is 17.7. The number of carbonyl (C=O) groups is 4. The zero-order chi connectivity index (χ0) is 36.5. The van der Waals surface area contributed by atoms with Gasteiger partial charge in [-0.05, 0) is 82.0 Å². The van der Waals surface area contributed by atoms with Gasteiger partial charge in [-0.1, -0.05) is 26.8 Å². The number of benzene rings is 1. The van der Waals surface area contributed by atoms with Gasteiger partial charge in [-0.3, -0.25) is 19.1 Å². The number of aromatic nitrogens is 1. The standard InChI is InChI=1S/C34H46FN5O8S/c1-9-15-34(8,30(43)39-49(45,46)23-11-12-23)38-27(41)25-18-22(47-28-24-13-10-21(35)17-20(24)14-16-36-28)19-40(25)29(42)26(32(2,3)4)37-31(44)48-33(5,6)7/h9-10,13-14,16-17,22-23,25-26H,1,11-12,15,18-19H2,2-8H3,(H,37,44)(H,38,41)(H,39,43)/t22-,25+,26-,34-/m1/s1. The molecule has 1 aliphatic heterocycles. The molecule has 0 bridgehead atoms. The Bertz CT molecular complexity index is 1730. The molecule has 268 valence electrons. The minimum atomic E-state index is -3.94. The number of halogens is 1. The number of amides is 4. The number of carbonyl (C=O) groups excluding carboxylic acids is 4. The van der Waals surface area contributed by atoms with Gasteiger partial charge in [-0.25, -0.2) is 22.6 Å². The van der Waals surface area contributed by atoms with Gasteiger partial charge in [0.2, 0.25) is 27.7 Å². The summed E-state index contributed by atoms with van der Waals surface area (Å²) in [6.07, 6.45) is 1.91. The summed E-state index contributed by atoms with van der Waals surface area (Å²) in [5.74, 6) is -2.58. The summed E-state index contributed by atoms with van der Waals surface area (Å²) >= 11 is 0. The van der Waals surface area contributed by atoms with Gasteiger partial charge < -0.3 is 25.0 Å². The second-order valence-corrected chi connectivity index (χ2v) is 16.9. The SMILES string of the molecule is C=CC[C@@](C)(NC(=O)[C@@H]1C[C@@H](Oc2nccc3cc(F)ccc23)CN1C(=O)[C@@H](NC(=O)OC(C)(C)C)C(C)(C)C)C(=O)NS(=O)(=O)C1CC1. The maximum atomic E-state index is 14.3. The van der Waals surface area contributed by atoms with Crippen molar-refractivity contribution in [2.24, 2.45) is 5.41 Å². The third-order valence-electron chi connectivity index (χ3n) is 8.24. The Morgan fingerprint density at radius 1 is 1.10 bits per heavy atom. The Morgan fingerprint density at radius 3 is 2.37 bits per heavy atom. The average Bonchev–Trinajstić information content (AvgIpc) is 3.75. The molecule has 4 amide bonds. The van der Waals surface area contributed by atoms with Crippen molar-refractivity contribution >= 4 is 44.6 Å². The highest BCUT2D eigenvalue weighted by Crippen LogP contribution is 2.32. The third-order valence-corrected chi connectivity index (χ3v) is 10.1. The topological polar surface area (TPSA) is 173 Å². The van der Waals surface area contributed by atoms with E-state index in [-0.39, 0.29) is 25.3 Å². The van der Waals surface area contributed by atoms with E-state index in [9.17, 15) is 32.0 Å². The number of likely N-dealkylation sites (tertiary alicyclic amines) is 1. The van der Waals surface area contributed by atoms with Gasteiger partial charge in [0.25, 0.3) is 5.91 Å². The summed E-state index contributed by atoms with van der Waals surface area (Å²) in [5.41, 5.74) is -3.43. The van der Waals surface area contributed by atoms with Gasteiger partial charge in [0.05, 0.1) is 11.8 Å². The summed E-state index contributed by atoms with van der Waals surface area (Å²) in [5, 5.41) is 5.70. The van der Waals surface area contributed by atoms with Crippen molar-refractivity contribution in [3.8, 4) is 5.88 Å². The lowest BCUT2D eigenvalue weighted by Crippen LogP contribution is -2.62. The van der Waals surface area contributed by atoms with Crippen molar-refractivity contribution in [2.45, 2.75) is 109 Å². The molecule has 0 spiro atoms. The van der Waals surface area contributed by atoms with Crippen LogP contribution in [0, 0.1) is 11.2 Å². The Labute approximate surface area is 286 Å². The predicted octanol–water partition coefficient (Wildman–Crippen LogP) is 3.72. The normalized spacial score (nSPS) is 20.1. The fourth-order valence-electron chi connectivity index (χ4n) is 5.54. The highest BCUT2D eigenvalue weighted by atomic mass is 32.2. The molecular weight excluding hydrogens is 657 g/mol. The van der Waals surface area contributed by atoms with Crippen LogP contribution >= 0.6 is 0 Å². The molecule has 49 heavy (non-hydrogen) atoms. The molecule has 2 heterocycles. The number of hydrogen-bond donors (Lipinski definition) is 3. The first-order valence-electron chi connectivity index (χ1n) is 16.1. The number of rotatable bonds is 11. The molecule has 2 aliphatic rings. The molecule has 2 fully saturated rings. The Balaban J connectivity index is 1.66. The lowest BCUT2D eigenvalue weighted by atomic mass is 9.85. The van der Waals surface area contributed by atoms with Crippen LogP contribution < -0.4 is 20.1 Å². The number of nitrogens with zero attached hydrogens (tertiary/aromatic N) is 2. The second kappa shape index (κ2) is 13.9. The number of nitrogens with one attached hydrogen (secondary N) is 3.